The molecule has 1 aliphatic rings. The van der Waals surface area contributed by atoms with Crippen LogP contribution in [0.15, 0.2) is 64.9 Å². The molecule has 0 unspecified atom stereocenters. The Morgan fingerprint density at radius 1 is 1.17 bits per heavy atom. The van der Waals surface area contributed by atoms with E-state index in [9.17, 15) is 13.2 Å². The fourth-order valence-electron chi connectivity index (χ4n) is 3.59. The largest absolute Gasteiger partial charge is 0.496 e. The average Bonchev–Trinajstić information content (AvgIpc) is 3.43. The second-order valence-electron chi connectivity index (χ2n) is 7.03. The number of thiophene rings is 1. The van der Waals surface area contributed by atoms with Crippen molar-refractivity contribution in [3.63, 3.8) is 0 Å². The summed E-state index contributed by atoms with van der Waals surface area (Å²) in [4.78, 5) is 14.0. The van der Waals surface area contributed by atoms with E-state index in [2.05, 4.69) is 5.32 Å². The lowest BCUT2D eigenvalue weighted by Crippen LogP contribution is -2.30. The molecule has 156 valence electrons. The standard InChI is InChI=1S/C22H22N2O4S2/c1-15(21-8-5-13-29-21)23-22(25)18-14-17(9-10-20(18)28-2)30(26,27)24-12-11-16-6-3-4-7-19(16)24/h3-10,13-15H,11-12H2,1-2H3,(H,23,25)/t15-/m0/s1. The van der Waals surface area contributed by atoms with Crippen molar-refractivity contribution in [2.45, 2.75) is 24.3 Å². The molecule has 0 radical (unpaired) electrons. The van der Waals surface area contributed by atoms with Gasteiger partial charge in [-0.05, 0) is 54.6 Å². The molecule has 0 saturated carbocycles. The van der Waals surface area contributed by atoms with Crippen LogP contribution in [-0.4, -0.2) is 28.0 Å². The third kappa shape index (κ3) is 3.68. The molecule has 6 nitrogen and oxygen atoms in total. The summed E-state index contributed by atoms with van der Waals surface area (Å²) in [5.41, 5.74) is 1.87. The van der Waals surface area contributed by atoms with E-state index in [1.165, 1.54) is 29.6 Å². The molecule has 1 atom stereocenters. The Bertz CT molecular complexity index is 1170. The quantitative estimate of drug-likeness (QED) is 0.626. The average molecular weight is 443 g/mol. The van der Waals surface area contributed by atoms with Crippen LogP contribution in [-0.2, 0) is 16.4 Å². The molecule has 0 spiro atoms. The highest BCUT2D eigenvalue weighted by Crippen LogP contribution is 2.34. The van der Waals surface area contributed by atoms with E-state index in [1.54, 1.807) is 17.4 Å². The van der Waals surface area contributed by atoms with Crippen LogP contribution in [0, 0.1) is 0 Å². The Morgan fingerprint density at radius 3 is 2.70 bits per heavy atom. The highest BCUT2D eigenvalue weighted by molar-refractivity contribution is 7.92. The van der Waals surface area contributed by atoms with Gasteiger partial charge in [-0.25, -0.2) is 8.42 Å². The van der Waals surface area contributed by atoms with E-state index in [0.29, 0.717) is 24.4 Å². The van der Waals surface area contributed by atoms with Crippen LogP contribution in [0.25, 0.3) is 0 Å². The number of nitrogens with zero attached hydrogens (tertiary/aromatic N) is 1. The number of anilines is 1. The number of benzene rings is 2. The second-order valence-corrected chi connectivity index (χ2v) is 9.87. The summed E-state index contributed by atoms with van der Waals surface area (Å²) in [5.74, 6) is -0.0572. The molecule has 0 aliphatic carbocycles. The van der Waals surface area contributed by atoms with Gasteiger partial charge in [0.1, 0.15) is 5.75 Å². The Hall–Kier alpha value is -2.84. The highest BCUT2D eigenvalue weighted by atomic mass is 32.2. The maximum atomic E-state index is 13.3. The minimum atomic E-state index is -3.80. The summed E-state index contributed by atoms with van der Waals surface area (Å²) in [6.07, 6.45) is 0.664. The van der Waals surface area contributed by atoms with Crippen molar-refractivity contribution >= 4 is 33.0 Å². The van der Waals surface area contributed by atoms with Gasteiger partial charge in [-0.15, -0.1) is 11.3 Å². The van der Waals surface area contributed by atoms with Crippen molar-refractivity contribution in [1.29, 1.82) is 0 Å². The molecule has 2 aromatic carbocycles. The first kappa shape index (κ1) is 20.4. The number of rotatable bonds is 6. The number of nitrogens with one attached hydrogen (secondary N) is 1. The van der Waals surface area contributed by atoms with Crippen LogP contribution in [0.4, 0.5) is 5.69 Å². The number of methoxy groups -OCH3 is 1. The van der Waals surface area contributed by atoms with Crippen molar-refractivity contribution in [2.75, 3.05) is 18.0 Å². The Kier molecular flexibility index (Phi) is 5.53. The van der Waals surface area contributed by atoms with E-state index in [4.69, 9.17) is 4.74 Å². The van der Waals surface area contributed by atoms with Gasteiger partial charge >= 0.3 is 0 Å². The third-order valence-corrected chi connectivity index (χ3v) is 8.03. The van der Waals surface area contributed by atoms with Gasteiger partial charge in [-0.3, -0.25) is 9.10 Å². The molecule has 30 heavy (non-hydrogen) atoms. The van der Waals surface area contributed by atoms with E-state index in [-0.39, 0.29) is 22.4 Å². The predicted octanol–water partition coefficient (Wildman–Crippen LogP) is 4.00. The van der Waals surface area contributed by atoms with E-state index in [0.717, 1.165) is 10.4 Å². The van der Waals surface area contributed by atoms with Crippen LogP contribution in [0.2, 0.25) is 0 Å². The molecule has 2 heterocycles. The summed E-state index contributed by atoms with van der Waals surface area (Å²) >= 11 is 1.55. The zero-order valence-corrected chi connectivity index (χ0v) is 18.3. The first-order valence-corrected chi connectivity index (χ1v) is 11.9. The van der Waals surface area contributed by atoms with Crippen LogP contribution < -0.4 is 14.4 Å². The summed E-state index contributed by atoms with van der Waals surface area (Å²) in [7, 11) is -2.35. The Morgan fingerprint density at radius 2 is 1.97 bits per heavy atom. The first-order chi connectivity index (χ1) is 14.4. The topological polar surface area (TPSA) is 75.7 Å². The Balaban J connectivity index is 1.66. The van der Waals surface area contributed by atoms with Gasteiger partial charge in [0.15, 0.2) is 0 Å². The summed E-state index contributed by atoms with van der Waals surface area (Å²) in [5, 5.41) is 4.86. The van der Waals surface area contributed by atoms with Crippen molar-refractivity contribution in [2.24, 2.45) is 0 Å². The molecular weight excluding hydrogens is 420 g/mol. The minimum absolute atomic E-state index is 0.0638. The smallest absolute Gasteiger partial charge is 0.264 e. The lowest BCUT2D eigenvalue weighted by atomic mass is 10.1. The van der Waals surface area contributed by atoms with Gasteiger partial charge in [0.2, 0.25) is 0 Å². The molecule has 4 rings (SSSR count). The molecule has 0 bridgehead atoms. The lowest BCUT2D eigenvalue weighted by molar-refractivity contribution is 0.0937. The van der Waals surface area contributed by atoms with Crippen LogP contribution in [0.5, 0.6) is 5.75 Å². The molecule has 1 aliphatic heterocycles. The van der Waals surface area contributed by atoms with Gasteiger partial charge in [0.05, 0.1) is 29.3 Å². The van der Waals surface area contributed by atoms with Crippen molar-refractivity contribution < 1.29 is 17.9 Å². The normalized spacial score (nSPS) is 14.3. The van der Waals surface area contributed by atoms with Crippen LogP contribution in [0.3, 0.4) is 0 Å². The minimum Gasteiger partial charge on any atom is -0.496 e. The fourth-order valence-corrected chi connectivity index (χ4v) is 5.86. The van der Waals surface area contributed by atoms with Gasteiger partial charge in [-0.2, -0.15) is 0 Å². The van der Waals surface area contributed by atoms with E-state index in [1.807, 2.05) is 42.6 Å². The molecule has 3 aromatic rings. The Labute approximate surface area is 180 Å². The first-order valence-electron chi connectivity index (χ1n) is 9.55. The maximum Gasteiger partial charge on any atom is 0.264 e. The SMILES string of the molecule is COc1ccc(S(=O)(=O)N2CCc3ccccc32)cc1C(=O)N[C@@H](C)c1cccs1. The zero-order valence-electron chi connectivity index (χ0n) is 16.7. The van der Waals surface area contributed by atoms with Gasteiger partial charge in [-0.1, -0.05) is 24.3 Å². The van der Waals surface area contributed by atoms with Gasteiger partial charge in [0.25, 0.3) is 15.9 Å². The number of sulfonamides is 1. The predicted molar refractivity (Wildman–Crippen MR) is 118 cm³/mol. The number of ether oxygens (including phenoxy) is 1. The molecule has 1 amide bonds. The third-order valence-electron chi connectivity index (χ3n) is 5.17. The van der Waals surface area contributed by atoms with E-state index < -0.39 is 10.0 Å². The number of carbonyl (C=O) groups excluding carboxylic acids is 1. The maximum absolute atomic E-state index is 13.3. The number of fused-ring (bicyclic) bond motifs is 1. The summed E-state index contributed by atoms with van der Waals surface area (Å²) in [6, 6.07) is 15.5. The van der Waals surface area contributed by atoms with Crippen molar-refractivity contribution in [1.82, 2.24) is 5.32 Å². The van der Waals surface area contributed by atoms with E-state index >= 15 is 0 Å². The molecule has 1 N–H and O–H groups in total. The highest BCUT2D eigenvalue weighted by Gasteiger charge is 2.31. The number of amides is 1. The van der Waals surface area contributed by atoms with Gasteiger partial charge < -0.3 is 10.1 Å². The van der Waals surface area contributed by atoms with Gasteiger partial charge in [0, 0.05) is 11.4 Å². The lowest BCUT2D eigenvalue weighted by Gasteiger charge is -2.21. The van der Waals surface area contributed by atoms with Crippen LogP contribution >= 0.6 is 11.3 Å². The molecule has 0 saturated heterocycles. The number of para-hydroxylation sites is 1. The number of carbonyl (C=O) groups is 1. The summed E-state index contributed by atoms with van der Waals surface area (Å²) in [6.45, 7) is 2.27. The fraction of sp³-hybridized carbons (Fsp3) is 0.227. The zero-order chi connectivity index (χ0) is 21.3. The molecule has 0 fully saturated rings. The number of hydrogen-bond donors (Lipinski definition) is 1. The number of hydrogen-bond acceptors (Lipinski definition) is 5. The molecule has 1 aromatic heterocycles. The molecular formula is C22H22N2O4S2. The monoisotopic (exact) mass is 442 g/mol. The van der Waals surface area contributed by atoms with Crippen LogP contribution in [0.1, 0.15) is 33.8 Å². The van der Waals surface area contributed by atoms with Crippen molar-refractivity contribution in [3.05, 3.63) is 76.0 Å². The second kappa shape index (κ2) is 8.12. The molecule has 8 heteroatoms. The summed E-state index contributed by atoms with van der Waals surface area (Å²) < 4.78 is 33.4. The van der Waals surface area contributed by atoms with Crippen molar-refractivity contribution in [3.8, 4) is 5.75 Å².